The molecule has 0 atom stereocenters. The molecular formula is C21H20F3N5O4. The Morgan fingerprint density at radius 3 is 2.52 bits per heavy atom. The van der Waals surface area contributed by atoms with Crippen LogP contribution < -0.4 is 9.64 Å². The SMILES string of the molecule is COC(=O)Cc1nnc(-c2ccc(N3CCC(Oc4ccccc4C(F)(F)F)CC3)nn2)o1. The second kappa shape index (κ2) is 9.43. The molecule has 4 rings (SSSR count). The standard InChI is InChI=1S/C21H20F3N5O4/c1-31-19(30)12-18-27-28-20(33-18)15-6-7-17(26-25-15)29-10-8-13(9-11-29)32-16-5-3-2-4-14(16)21(22,23)24/h2-7,13H,8-12H2,1H3. The number of hydrogen-bond acceptors (Lipinski definition) is 9. The quantitative estimate of drug-likeness (QED) is 0.509. The summed E-state index contributed by atoms with van der Waals surface area (Å²) < 4.78 is 55.1. The van der Waals surface area contributed by atoms with Crippen molar-refractivity contribution in [1.29, 1.82) is 0 Å². The number of esters is 1. The number of piperidine rings is 1. The van der Waals surface area contributed by atoms with Gasteiger partial charge in [0.2, 0.25) is 5.89 Å². The van der Waals surface area contributed by atoms with E-state index in [0.717, 1.165) is 6.07 Å². The normalized spacial score (nSPS) is 14.8. The van der Waals surface area contributed by atoms with Crippen molar-refractivity contribution in [2.75, 3.05) is 25.1 Å². The molecule has 1 saturated heterocycles. The Hall–Kier alpha value is -3.70. The molecule has 1 aliphatic rings. The lowest BCUT2D eigenvalue weighted by Gasteiger charge is -2.33. The molecule has 0 aliphatic carbocycles. The van der Waals surface area contributed by atoms with Gasteiger partial charge in [-0.3, -0.25) is 4.79 Å². The number of alkyl halides is 3. The van der Waals surface area contributed by atoms with Gasteiger partial charge in [-0.05, 0) is 24.3 Å². The highest BCUT2D eigenvalue weighted by Crippen LogP contribution is 2.37. The van der Waals surface area contributed by atoms with Crippen LogP contribution in [0.25, 0.3) is 11.6 Å². The predicted octanol–water partition coefficient (Wildman–Crippen LogP) is 3.31. The number of ether oxygens (including phenoxy) is 2. The second-order valence-corrected chi connectivity index (χ2v) is 7.33. The highest BCUT2D eigenvalue weighted by molar-refractivity contribution is 5.71. The van der Waals surface area contributed by atoms with Crippen LogP contribution in [0.3, 0.4) is 0 Å². The molecule has 174 valence electrons. The van der Waals surface area contributed by atoms with Gasteiger partial charge in [0.25, 0.3) is 5.89 Å². The summed E-state index contributed by atoms with van der Waals surface area (Å²) in [6.07, 6.45) is -3.86. The number of rotatable bonds is 6. The number of hydrogen-bond donors (Lipinski definition) is 0. The minimum atomic E-state index is -4.47. The average Bonchev–Trinajstić information content (AvgIpc) is 3.28. The Morgan fingerprint density at radius 2 is 1.85 bits per heavy atom. The van der Waals surface area contributed by atoms with E-state index >= 15 is 0 Å². The molecule has 3 heterocycles. The number of carbonyl (C=O) groups is 1. The van der Waals surface area contributed by atoms with Gasteiger partial charge in [0.05, 0.1) is 12.7 Å². The smallest absolute Gasteiger partial charge is 0.419 e. The Labute approximate surface area is 186 Å². The number of anilines is 1. The number of methoxy groups -OCH3 is 1. The largest absolute Gasteiger partial charge is 0.490 e. The van der Waals surface area contributed by atoms with Crippen molar-refractivity contribution < 1.29 is 31.9 Å². The van der Waals surface area contributed by atoms with Crippen molar-refractivity contribution in [3.8, 4) is 17.3 Å². The van der Waals surface area contributed by atoms with Gasteiger partial charge in [-0.1, -0.05) is 12.1 Å². The molecule has 9 nitrogen and oxygen atoms in total. The predicted molar refractivity (Wildman–Crippen MR) is 108 cm³/mol. The van der Waals surface area contributed by atoms with E-state index in [-0.39, 0.29) is 30.1 Å². The first-order valence-electron chi connectivity index (χ1n) is 10.1. The van der Waals surface area contributed by atoms with E-state index in [4.69, 9.17) is 9.15 Å². The lowest BCUT2D eigenvalue weighted by molar-refractivity contribution is -0.140. The van der Waals surface area contributed by atoms with Gasteiger partial charge < -0.3 is 18.8 Å². The summed E-state index contributed by atoms with van der Waals surface area (Å²) in [4.78, 5) is 13.3. The summed E-state index contributed by atoms with van der Waals surface area (Å²) >= 11 is 0. The van der Waals surface area contributed by atoms with E-state index in [9.17, 15) is 18.0 Å². The van der Waals surface area contributed by atoms with Crippen LogP contribution in [0, 0.1) is 0 Å². The number of aromatic nitrogens is 4. The molecule has 0 unspecified atom stereocenters. The maximum atomic E-state index is 13.2. The van der Waals surface area contributed by atoms with Crippen LogP contribution in [0.15, 0.2) is 40.8 Å². The summed E-state index contributed by atoms with van der Waals surface area (Å²) in [6.45, 7) is 1.10. The van der Waals surface area contributed by atoms with Crippen molar-refractivity contribution >= 4 is 11.8 Å². The second-order valence-electron chi connectivity index (χ2n) is 7.33. The Kier molecular flexibility index (Phi) is 6.43. The minimum absolute atomic E-state index is 0.108. The fraction of sp³-hybridized carbons (Fsp3) is 0.381. The number of nitrogens with zero attached hydrogens (tertiary/aromatic N) is 5. The first-order valence-corrected chi connectivity index (χ1v) is 10.1. The van der Waals surface area contributed by atoms with E-state index in [1.54, 1.807) is 12.1 Å². The molecular weight excluding hydrogens is 443 g/mol. The molecule has 0 saturated carbocycles. The van der Waals surface area contributed by atoms with Crippen LogP contribution in [0.2, 0.25) is 0 Å². The molecule has 1 aliphatic heterocycles. The Balaban J connectivity index is 1.35. The molecule has 3 aromatic rings. The number of para-hydroxylation sites is 1. The summed E-state index contributed by atoms with van der Waals surface area (Å²) in [5.41, 5.74) is -0.422. The van der Waals surface area contributed by atoms with Crippen LogP contribution in [0.4, 0.5) is 19.0 Å². The third-order valence-electron chi connectivity index (χ3n) is 5.11. The number of carbonyl (C=O) groups excluding carboxylic acids is 1. The zero-order valence-corrected chi connectivity index (χ0v) is 17.6. The molecule has 0 amide bonds. The van der Waals surface area contributed by atoms with Crippen LogP contribution in [0.5, 0.6) is 5.75 Å². The summed E-state index contributed by atoms with van der Waals surface area (Å²) in [6, 6.07) is 8.64. The van der Waals surface area contributed by atoms with Gasteiger partial charge in [-0.2, -0.15) is 13.2 Å². The fourth-order valence-corrected chi connectivity index (χ4v) is 3.42. The first kappa shape index (κ1) is 22.5. The third-order valence-corrected chi connectivity index (χ3v) is 5.11. The molecule has 1 fully saturated rings. The van der Waals surface area contributed by atoms with Crippen LogP contribution >= 0.6 is 0 Å². The summed E-state index contributed by atoms with van der Waals surface area (Å²) in [5, 5.41) is 15.9. The van der Waals surface area contributed by atoms with Gasteiger partial charge in [0, 0.05) is 25.9 Å². The van der Waals surface area contributed by atoms with Crippen molar-refractivity contribution in [1.82, 2.24) is 20.4 Å². The lowest BCUT2D eigenvalue weighted by Crippen LogP contribution is -2.39. The van der Waals surface area contributed by atoms with Gasteiger partial charge in [-0.25, -0.2) is 0 Å². The third kappa shape index (κ3) is 5.38. The Morgan fingerprint density at radius 1 is 1.09 bits per heavy atom. The zero-order valence-electron chi connectivity index (χ0n) is 17.6. The molecule has 0 spiro atoms. The van der Waals surface area contributed by atoms with E-state index in [0.29, 0.717) is 37.4 Å². The monoisotopic (exact) mass is 463 g/mol. The van der Waals surface area contributed by atoms with Crippen molar-refractivity contribution in [2.45, 2.75) is 31.5 Å². The molecule has 2 aromatic heterocycles. The van der Waals surface area contributed by atoms with Gasteiger partial charge in [0.1, 0.15) is 24.0 Å². The highest BCUT2D eigenvalue weighted by atomic mass is 19.4. The fourth-order valence-electron chi connectivity index (χ4n) is 3.42. The van der Waals surface area contributed by atoms with E-state index in [1.165, 1.54) is 25.3 Å². The molecule has 0 N–H and O–H groups in total. The van der Waals surface area contributed by atoms with Crippen molar-refractivity contribution in [2.24, 2.45) is 0 Å². The molecule has 33 heavy (non-hydrogen) atoms. The Bertz CT molecular complexity index is 1100. The summed E-state index contributed by atoms with van der Waals surface area (Å²) in [7, 11) is 1.26. The van der Waals surface area contributed by atoms with Crippen LogP contribution in [-0.4, -0.2) is 52.7 Å². The molecule has 12 heteroatoms. The first-order chi connectivity index (χ1) is 15.8. The average molecular weight is 463 g/mol. The van der Waals surface area contributed by atoms with Gasteiger partial charge in [-0.15, -0.1) is 20.4 Å². The zero-order chi connectivity index (χ0) is 23.4. The number of halogens is 3. The minimum Gasteiger partial charge on any atom is -0.490 e. The molecule has 1 aromatic carbocycles. The van der Waals surface area contributed by atoms with E-state index in [1.807, 2.05) is 4.90 Å². The maximum absolute atomic E-state index is 13.2. The van der Waals surface area contributed by atoms with E-state index < -0.39 is 17.7 Å². The topological polar surface area (TPSA) is 103 Å². The maximum Gasteiger partial charge on any atom is 0.419 e. The van der Waals surface area contributed by atoms with Crippen LogP contribution in [-0.2, 0) is 22.1 Å². The van der Waals surface area contributed by atoms with E-state index in [2.05, 4.69) is 25.1 Å². The lowest BCUT2D eigenvalue weighted by atomic mass is 10.1. The molecule has 0 radical (unpaired) electrons. The van der Waals surface area contributed by atoms with Gasteiger partial charge >= 0.3 is 12.1 Å². The van der Waals surface area contributed by atoms with Gasteiger partial charge in [0.15, 0.2) is 5.82 Å². The van der Waals surface area contributed by atoms with Crippen molar-refractivity contribution in [3.05, 3.63) is 47.9 Å². The highest BCUT2D eigenvalue weighted by Gasteiger charge is 2.35. The molecule has 0 bridgehead atoms. The van der Waals surface area contributed by atoms with Crippen LogP contribution in [0.1, 0.15) is 24.3 Å². The summed E-state index contributed by atoms with van der Waals surface area (Å²) in [5.74, 6) is 0.196. The number of benzene rings is 1. The van der Waals surface area contributed by atoms with Crippen molar-refractivity contribution in [3.63, 3.8) is 0 Å².